The first-order valence-corrected chi connectivity index (χ1v) is 6.93. The fraction of sp³-hybridized carbons (Fsp3) is 0.214. The van der Waals surface area contributed by atoms with Crippen LogP contribution in [0.15, 0.2) is 38.6 Å². The fourth-order valence-electron chi connectivity index (χ4n) is 1.72. The van der Waals surface area contributed by atoms with Crippen LogP contribution >= 0.6 is 0 Å². The van der Waals surface area contributed by atoms with Crippen LogP contribution in [0.3, 0.4) is 0 Å². The van der Waals surface area contributed by atoms with Crippen LogP contribution in [0.2, 0.25) is 0 Å². The highest BCUT2D eigenvalue weighted by Gasteiger charge is 2.07. The van der Waals surface area contributed by atoms with Gasteiger partial charge in [-0.25, -0.2) is 4.79 Å². The number of nitrogens with zero attached hydrogens (tertiary/aromatic N) is 3. The van der Waals surface area contributed by atoms with E-state index in [1.807, 2.05) is 0 Å². The lowest BCUT2D eigenvalue weighted by atomic mass is 10.2. The summed E-state index contributed by atoms with van der Waals surface area (Å²) in [4.78, 5) is 33.8. The van der Waals surface area contributed by atoms with Crippen molar-refractivity contribution < 1.29 is 29.6 Å². The zero-order chi connectivity index (χ0) is 18.7. The molecule has 0 radical (unpaired) electrons. The van der Waals surface area contributed by atoms with E-state index in [-0.39, 0.29) is 23.8 Å². The second-order valence-corrected chi connectivity index (χ2v) is 4.40. The number of hydrogen-bond donors (Lipinski definition) is 2. The van der Waals surface area contributed by atoms with Crippen LogP contribution in [0.5, 0.6) is 5.75 Å². The largest absolute Gasteiger partial charge is 0.554 e. The summed E-state index contributed by atoms with van der Waals surface area (Å²) in [6, 6.07) is 6.17. The van der Waals surface area contributed by atoms with E-state index in [1.165, 1.54) is 12.1 Å². The molecule has 0 unspecified atom stereocenters. The third-order valence-corrected chi connectivity index (χ3v) is 2.71. The summed E-state index contributed by atoms with van der Waals surface area (Å²) >= 11 is 0. The normalized spacial score (nSPS) is 9.32. The Balaban J connectivity index is 0.000000970. The summed E-state index contributed by atoms with van der Waals surface area (Å²) in [6.07, 6.45) is 0. The number of quaternary nitrogens is 1. The number of fused-ring (bicyclic) bond motifs is 1. The molecule has 0 bridgehead atoms. The SMILES string of the molecule is O=C[O-].[N-]=[N+]=Nc1cc2ccc(OCC(=O)NCC[NH3+])cc2oc1=O. The van der Waals surface area contributed by atoms with Crippen molar-refractivity contribution in [1.29, 1.82) is 0 Å². The minimum absolute atomic E-state index is 0.115. The lowest BCUT2D eigenvalue weighted by molar-refractivity contribution is -0.364. The molecule has 11 nitrogen and oxygen atoms in total. The maximum absolute atomic E-state index is 11.6. The quantitative estimate of drug-likeness (QED) is 0.217. The van der Waals surface area contributed by atoms with Crippen LogP contribution in [0.1, 0.15) is 0 Å². The highest BCUT2D eigenvalue weighted by Crippen LogP contribution is 2.22. The number of rotatable bonds is 6. The van der Waals surface area contributed by atoms with E-state index in [9.17, 15) is 9.59 Å². The van der Waals surface area contributed by atoms with Crippen molar-refractivity contribution in [1.82, 2.24) is 5.32 Å². The molecule has 0 aliphatic carbocycles. The third kappa shape index (κ3) is 6.22. The Morgan fingerprint density at radius 3 is 2.84 bits per heavy atom. The van der Waals surface area contributed by atoms with E-state index >= 15 is 0 Å². The van der Waals surface area contributed by atoms with Crippen LogP contribution in [-0.2, 0) is 9.59 Å². The van der Waals surface area contributed by atoms with Crippen LogP contribution in [0, 0.1) is 0 Å². The average Bonchev–Trinajstić information content (AvgIpc) is 2.59. The van der Waals surface area contributed by atoms with E-state index in [1.54, 1.807) is 12.1 Å². The molecule has 1 aromatic carbocycles. The molecule has 0 fully saturated rings. The molecule has 1 amide bonds. The summed E-state index contributed by atoms with van der Waals surface area (Å²) < 4.78 is 10.4. The number of carboxylic acid groups (broad SMARTS) is 1. The zero-order valence-electron chi connectivity index (χ0n) is 13.0. The molecule has 0 aliphatic heterocycles. The molecule has 4 N–H and O–H groups in total. The van der Waals surface area contributed by atoms with Crippen LogP contribution < -0.4 is 26.5 Å². The molecule has 2 aromatic rings. The Hall–Kier alpha value is -3.56. The third-order valence-electron chi connectivity index (χ3n) is 2.71. The van der Waals surface area contributed by atoms with Gasteiger partial charge >= 0.3 is 5.63 Å². The van der Waals surface area contributed by atoms with Crippen molar-refractivity contribution in [3.05, 3.63) is 45.1 Å². The summed E-state index contributed by atoms with van der Waals surface area (Å²) in [6.45, 7) is 0.434. The molecular formula is C14H15N5O6. The van der Waals surface area contributed by atoms with Crippen molar-refractivity contribution in [2.75, 3.05) is 19.7 Å². The zero-order valence-corrected chi connectivity index (χ0v) is 13.0. The lowest BCUT2D eigenvalue weighted by Crippen LogP contribution is -2.55. The number of azide groups is 1. The minimum Gasteiger partial charge on any atom is -0.554 e. The van der Waals surface area contributed by atoms with Crippen LogP contribution in [0.4, 0.5) is 5.69 Å². The Labute approximate surface area is 140 Å². The number of amides is 1. The predicted molar refractivity (Wildman–Crippen MR) is 83.6 cm³/mol. The van der Waals surface area contributed by atoms with E-state index in [4.69, 9.17) is 24.6 Å². The van der Waals surface area contributed by atoms with Gasteiger partial charge in [0.05, 0.1) is 13.1 Å². The molecule has 1 aromatic heterocycles. The molecule has 0 aliphatic rings. The Morgan fingerprint density at radius 1 is 1.48 bits per heavy atom. The van der Waals surface area contributed by atoms with Gasteiger partial charge in [-0.1, -0.05) is 5.11 Å². The molecular weight excluding hydrogens is 334 g/mol. The summed E-state index contributed by atoms with van der Waals surface area (Å²) in [7, 11) is 0. The molecule has 0 saturated carbocycles. The number of ether oxygens (including phenoxy) is 1. The molecule has 132 valence electrons. The van der Waals surface area contributed by atoms with Gasteiger partial charge in [-0.3, -0.25) is 4.79 Å². The minimum atomic E-state index is -0.740. The maximum atomic E-state index is 11.6. The lowest BCUT2D eigenvalue weighted by Gasteiger charge is -2.07. The monoisotopic (exact) mass is 349 g/mol. The van der Waals surface area contributed by atoms with Gasteiger partial charge in [0.25, 0.3) is 5.91 Å². The standard InChI is InChI=1S/C13H13N5O4.CH2O2/c14-3-4-16-12(19)7-21-9-2-1-8-5-10(17-18-15)13(20)22-11(8)6-9;2-1-3/h1-2,5-6H,3-4,7,14H2,(H,16,19);1H,(H,2,3). The highest BCUT2D eigenvalue weighted by molar-refractivity contribution is 5.81. The number of nitrogens with one attached hydrogen (secondary N) is 1. The van der Waals surface area contributed by atoms with Crippen LogP contribution in [0.25, 0.3) is 21.4 Å². The second kappa shape index (κ2) is 10.3. The van der Waals surface area contributed by atoms with Gasteiger partial charge in [0.2, 0.25) is 0 Å². The van der Waals surface area contributed by atoms with Gasteiger partial charge in [-0.2, -0.15) is 0 Å². The first kappa shape index (κ1) is 19.5. The van der Waals surface area contributed by atoms with Gasteiger partial charge < -0.3 is 30.1 Å². The summed E-state index contributed by atoms with van der Waals surface area (Å²) in [5.74, 6) is 0.126. The van der Waals surface area contributed by atoms with Crippen molar-refractivity contribution in [3.63, 3.8) is 0 Å². The maximum Gasteiger partial charge on any atom is 0.345 e. The van der Waals surface area contributed by atoms with Gasteiger partial charge in [0.15, 0.2) is 6.61 Å². The molecule has 2 rings (SSSR count). The first-order valence-electron chi connectivity index (χ1n) is 6.93. The van der Waals surface area contributed by atoms with Crippen molar-refractivity contribution in [3.8, 4) is 5.75 Å². The molecule has 11 heteroatoms. The molecule has 0 saturated heterocycles. The average molecular weight is 349 g/mol. The van der Waals surface area contributed by atoms with Gasteiger partial charge in [0, 0.05) is 22.8 Å². The number of benzene rings is 1. The molecule has 0 atom stereocenters. The predicted octanol–water partition coefficient (Wildman–Crippen LogP) is -1.16. The van der Waals surface area contributed by atoms with Gasteiger partial charge in [0.1, 0.15) is 17.0 Å². The number of carbonyl (C=O) groups excluding carboxylic acids is 2. The number of carbonyl (C=O) groups is 2. The first-order chi connectivity index (χ1) is 12.0. The molecule has 0 spiro atoms. The second-order valence-electron chi connectivity index (χ2n) is 4.40. The smallest absolute Gasteiger partial charge is 0.345 e. The highest BCUT2D eigenvalue weighted by atomic mass is 16.5. The van der Waals surface area contributed by atoms with Gasteiger partial charge in [-0.15, -0.1) is 0 Å². The topological polar surface area (TPSA) is 185 Å². The number of hydrogen-bond acceptors (Lipinski definition) is 7. The fourth-order valence-corrected chi connectivity index (χ4v) is 1.72. The Bertz CT molecular complexity index is 843. The van der Waals surface area contributed by atoms with E-state index in [0.29, 0.717) is 24.2 Å². The summed E-state index contributed by atoms with van der Waals surface area (Å²) in [5, 5.41) is 14.7. The van der Waals surface area contributed by atoms with Crippen molar-refractivity contribution >= 4 is 29.0 Å². The Kier molecular flexibility index (Phi) is 8.00. The van der Waals surface area contributed by atoms with Crippen LogP contribution in [-0.4, -0.2) is 32.1 Å². The van der Waals surface area contributed by atoms with E-state index in [0.717, 1.165) is 0 Å². The van der Waals surface area contributed by atoms with Crippen molar-refractivity contribution in [2.24, 2.45) is 5.11 Å². The van der Waals surface area contributed by atoms with Crippen molar-refractivity contribution in [2.45, 2.75) is 0 Å². The molecule has 1 heterocycles. The summed E-state index contributed by atoms with van der Waals surface area (Å²) in [5.41, 5.74) is 11.4. The van der Waals surface area contributed by atoms with Gasteiger partial charge in [-0.05, 0) is 23.7 Å². The molecule has 25 heavy (non-hydrogen) atoms. The van der Waals surface area contributed by atoms with E-state index in [2.05, 4.69) is 21.1 Å². The van der Waals surface area contributed by atoms with E-state index < -0.39 is 12.1 Å². The Morgan fingerprint density at radius 2 is 2.20 bits per heavy atom.